The average molecular weight is 480 g/mol. The minimum Gasteiger partial charge on any atom is -0.369 e. The van der Waals surface area contributed by atoms with E-state index in [4.69, 9.17) is 11.6 Å². The number of hydrogen-bond donors (Lipinski definition) is 1. The highest BCUT2D eigenvalue weighted by atomic mass is 35.5. The third kappa shape index (κ3) is 7.26. The lowest BCUT2D eigenvalue weighted by molar-refractivity contribution is 0.0956. The average Bonchev–Trinajstić information content (AvgIpc) is 2.86. The van der Waals surface area contributed by atoms with Crippen LogP contribution in [0, 0.1) is 0 Å². The molecule has 0 saturated carbocycles. The van der Waals surface area contributed by atoms with Crippen molar-refractivity contribution >= 4 is 35.0 Å². The fraction of sp³-hybridized carbons (Fsp3) is 0.296. The second-order valence-electron chi connectivity index (χ2n) is 8.23. The van der Waals surface area contributed by atoms with Crippen molar-refractivity contribution in [3.05, 3.63) is 101 Å². The number of nitrogens with one attached hydrogen (secondary N) is 1. The van der Waals surface area contributed by atoms with Crippen molar-refractivity contribution in [1.82, 2.24) is 10.2 Å². The van der Waals surface area contributed by atoms with E-state index in [9.17, 15) is 4.79 Å². The maximum absolute atomic E-state index is 12.4. The molecule has 0 unspecified atom stereocenters. The molecule has 0 radical (unpaired) electrons. The first-order valence-electron chi connectivity index (χ1n) is 11.4. The van der Waals surface area contributed by atoms with Gasteiger partial charge in [0.2, 0.25) is 0 Å². The van der Waals surface area contributed by atoms with Crippen LogP contribution >= 0.6 is 23.4 Å². The molecule has 1 heterocycles. The number of thioether (sulfide) groups is 1. The third-order valence-corrected chi connectivity index (χ3v) is 7.11. The Labute approximate surface area is 205 Å². The summed E-state index contributed by atoms with van der Waals surface area (Å²) in [4.78, 5) is 17.4. The van der Waals surface area contributed by atoms with E-state index in [1.807, 2.05) is 36.4 Å². The topological polar surface area (TPSA) is 35.6 Å². The number of nitrogens with zero attached hydrogens (tertiary/aromatic N) is 2. The van der Waals surface area contributed by atoms with E-state index in [0.717, 1.165) is 54.8 Å². The van der Waals surface area contributed by atoms with E-state index in [1.165, 1.54) is 16.8 Å². The van der Waals surface area contributed by atoms with Crippen LogP contribution in [0.25, 0.3) is 0 Å². The van der Waals surface area contributed by atoms with E-state index >= 15 is 0 Å². The fourth-order valence-corrected chi connectivity index (χ4v) is 4.88. The minimum atomic E-state index is -0.00915. The predicted octanol–water partition coefficient (Wildman–Crippen LogP) is 5.33. The van der Waals surface area contributed by atoms with Crippen molar-refractivity contribution in [3.8, 4) is 0 Å². The Hall–Kier alpha value is -2.47. The van der Waals surface area contributed by atoms with Gasteiger partial charge in [-0.25, -0.2) is 0 Å². The van der Waals surface area contributed by atoms with Crippen LogP contribution in [0.3, 0.4) is 0 Å². The lowest BCUT2D eigenvalue weighted by atomic mass is 10.1. The molecule has 1 aliphatic heterocycles. The number of halogens is 1. The summed E-state index contributed by atoms with van der Waals surface area (Å²) in [7, 11) is 0. The Morgan fingerprint density at radius 2 is 1.52 bits per heavy atom. The molecule has 0 spiro atoms. The van der Waals surface area contributed by atoms with E-state index < -0.39 is 0 Å². The highest BCUT2D eigenvalue weighted by Crippen LogP contribution is 2.17. The summed E-state index contributed by atoms with van der Waals surface area (Å²) in [5.74, 6) is 1.79. The normalized spacial score (nSPS) is 14.3. The Morgan fingerprint density at radius 1 is 0.848 bits per heavy atom. The SMILES string of the molecule is O=C(NCCSCc1ccc(Cl)cc1)c1ccc(CN2CCN(c3ccccc3)CC2)cc1. The molecule has 1 aliphatic rings. The minimum absolute atomic E-state index is 0.00915. The van der Waals surface area contributed by atoms with E-state index in [-0.39, 0.29) is 5.91 Å². The summed E-state index contributed by atoms with van der Waals surface area (Å²) in [6.07, 6.45) is 0. The number of para-hydroxylation sites is 1. The second-order valence-corrected chi connectivity index (χ2v) is 9.77. The summed E-state index contributed by atoms with van der Waals surface area (Å²) in [5.41, 5.74) is 4.51. The molecule has 0 atom stereocenters. The molecule has 1 amide bonds. The molecular weight excluding hydrogens is 450 g/mol. The van der Waals surface area contributed by atoms with Crippen LogP contribution in [-0.2, 0) is 12.3 Å². The third-order valence-electron chi connectivity index (χ3n) is 5.83. The highest BCUT2D eigenvalue weighted by molar-refractivity contribution is 7.98. The number of rotatable bonds is 9. The number of carbonyl (C=O) groups is 1. The number of amides is 1. The largest absolute Gasteiger partial charge is 0.369 e. The number of benzene rings is 3. The van der Waals surface area contributed by atoms with E-state index in [0.29, 0.717) is 6.54 Å². The molecule has 0 aromatic heterocycles. The van der Waals surface area contributed by atoms with E-state index in [1.54, 1.807) is 11.8 Å². The molecule has 3 aromatic carbocycles. The molecule has 4 rings (SSSR count). The van der Waals surface area contributed by atoms with Crippen molar-refractivity contribution in [2.75, 3.05) is 43.4 Å². The second kappa shape index (κ2) is 12.1. The van der Waals surface area contributed by atoms with Gasteiger partial charge in [0.05, 0.1) is 0 Å². The summed E-state index contributed by atoms with van der Waals surface area (Å²) in [6.45, 7) is 5.76. The fourth-order valence-electron chi connectivity index (χ4n) is 3.93. The molecule has 3 aromatic rings. The lowest BCUT2D eigenvalue weighted by Crippen LogP contribution is -2.45. The van der Waals surface area contributed by atoms with Gasteiger partial charge >= 0.3 is 0 Å². The number of hydrogen-bond acceptors (Lipinski definition) is 4. The van der Waals surface area contributed by atoms with Gasteiger partial charge in [0.25, 0.3) is 5.91 Å². The van der Waals surface area contributed by atoms with Crippen LogP contribution in [0.1, 0.15) is 21.5 Å². The smallest absolute Gasteiger partial charge is 0.251 e. The van der Waals surface area contributed by atoms with Gasteiger partial charge < -0.3 is 10.2 Å². The zero-order valence-electron chi connectivity index (χ0n) is 18.8. The van der Waals surface area contributed by atoms with Crippen LogP contribution in [-0.4, -0.2) is 49.3 Å². The van der Waals surface area contributed by atoms with Crippen molar-refractivity contribution < 1.29 is 4.79 Å². The molecular formula is C27H30ClN3OS. The van der Waals surface area contributed by atoms with Gasteiger partial charge in [0, 0.05) is 67.0 Å². The predicted molar refractivity (Wildman–Crippen MR) is 140 cm³/mol. The van der Waals surface area contributed by atoms with Gasteiger partial charge in [-0.3, -0.25) is 9.69 Å². The first-order valence-corrected chi connectivity index (χ1v) is 12.9. The van der Waals surface area contributed by atoms with Gasteiger partial charge in [0.1, 0.15) is 0 Å². The quantitative estimate of drug-likeness (QED) is 0.421. The van der Waals surface area contributed by atoms with Crippen LogP contribution in [0.2, 0.25) is 5.02 Å². The van der Waals surface area contributed by atoms with Gasteiger partial charge in [-0.1, -0.05) is 54.1 Å². The van der Waals surface area contributed by atoms with Gasteiger partial charge in [-0.2, -0.15) is 11.8 Å². The maximum Gasteiger partial charge on any atom is 0.251 e. The van der Waals surface area contributed by atoms with Crippen molar-refractivity contribution in [1.29, 1.82) is 0 Å². The summed E-state index contributed by atoms with van der Waals surface area (Å²) in [6, 6.07) is 26.5. The summed E-state index contributed by atoms with van der Waals surface area (Å²) < 4.78 is 0. The molecule has 0 aliphatic carbocycles. The Bertz CT molecular complexity index is 1000. The molecule has 33 heavy (non-hydrogen) atoms. The monoisotopic (exact) mass is 479 g/mol. The van der Waals surface area contributed by atoms with Crippen molar-refractivity contribution in [2.45, 2.75) is 12.3 Å². The van der Waals surface area contributed by atoms with Crippen LogP contribution < -0.4 is 10.2 Å². The molecule has 1 fully saturated rings. The van der Waals surface area contributed by atoms with Crippen LogP contribution in [0.4, 0.5) is 5.69 Å². The molecule has 1 saturated heterocycles. The molecule has 4 nitrogen and oxygen atoms in total. The van der Waals surface area contributed by atoms with Crippen LogP contribution in [0.15, 0.2) is 78.9 Å². The molecule has 0 bridgehead atoms. The van der Waals surface area contributed by atoms with Gasteiger partial charge in [0.15, 0.2) is 0 Å². The van der Waals surface area contributed by atoms with E-state index in [2.05, 4.69) is 57.6 Å². The molecule has 6 heteroatoms. The van der Waals surface area contributed by atoms with Gasteiger partial charge in [-0.15, -0.1) is 0 Å². The lowest BCUT2D eigenvalue weighted by Gasteiger charge is -2.36. The van der Waals surface area contributed by atoms with Crippen molar-refractivity contribution in [2.24, 2.45) is 0 Å². The maximum atomic E-state index is 12.4. The number of piperazine rings is 1. The standard InChI is InChI=1S/C27H30ClN3OS/c28-25-12-8-23(9-13-25)21-33-19-14-29-27(32)24-10-6-22(7-11-24)20-30-15-17-31(18-16-30)26-4-2-1-3-5-26/h1-13H,14-21H2,(H,29,32). The first-order chi connectivity index (χ1) is 16.2. The molecule has 1 N–H and O–H groups in total. The highest BCUT2D eigenvalue weighted by Gasteiger charge is 2.17. The summed E-state index contributed by atoms with van der Waals surface area (Å²) in [5, 5.41) is 3.78. The van der Waals surface area contributed by atoms with Gasteiger partial charge in [-0.05, 0) is 47.5 Å². The Kier molecular flexibility index (Phi) is 8.70. The number of carbonyl (C=O) groups excluding carboxylic acids is 1. The van der Waals surface area contributed by atoms with Crippen molar-refractivity contribution in [3.63, 3.8) is 0 Å². The Morgan fingerprint density at radius 3 is 2.21 bits per heavy atom. The number of anilines is 1. The zero-order valence-corrected chi connectivity index (χ0v) is 20.3. The van der Waals surface area contributed by atoms with Crippen LogP contribution in [0.5, 0.6) is 0 Å². The first kappa shape index (κ1) is 23.7. The summed E-state index contributed by atoms with van der Waals surface area (Å²) >= 11 is 7.72. The Balaban J connectivity index is 1.15. The molecule has 172 valence electrons. The zero-order chi connectivity index (χ0) is 22.9.